The molecule has 1 unspecified atom stereocenters. The first-order valence-corrected chi connectivity index (χ1v) is 8.57. The first-order valence-electron chi connectivity index (χ1n) is 8.57. The maximum absolute atomic E-state index is 14.6. The number of hydrogen-bond donors (Lipinski definition) is 1. The predicted molar refractivity (Wildman–Crippen MR) is 97.0 cm³/mol. The van der Waals surface area contributed by atoms with E-state index in [-0.39, 0.29) is 11.3 Å². The van der Waals surface area contributed by atoms with Crippen molar-refractivity contribution in [1.29, 1.82) is 0 Å². The number of amides is 1. The van der Waals surface area contributed by atoms with Crippen LogP contribution in [0.3, 0.4) is 0 Å². The van der Waals surface area contributed by atoms with Crippen molar-refractivity contribution in [3.8, 4) is 0 Å². The maximum atomic E-state index is 14.6. The van der Waals surface area contributed by atoms with Crippen molar-refractivity contribution < 1.29 is 18.3 Å². The fourth-order valence-corrected chi connectivity index (χ4v) is 3.47. The molecule has 2 heterocycles. The number of aromatic amines is 1. The van der Waals surface area contributed by atoms with Crippen LogP contribution in [0, 0.1) is 11.6 Å². The standard InChI is InChI=1S/C20H17F2N3O2/c1-3-27-19-11(2)18(13-5-4-6-14(21)17(13)22)25(20(19)26)12-7-8-15-16(9-12)24-10-23-15/h4-10,18H,3H2,1-2H3,(H,23,24). The number of benzene rings is 2. The molecule has 0 radical (unpaired) electrons. The van der Waals surface area contributed by atoms with Crippen LogP contribution in [0.2, 0.25) is 0 Å². The Labute approximate surface area is 154 Å². The molecule has 0 aliphatic carbocycles. The number of carbonyl (C=O) groups is 1. The summed E-state index contributed by atoms with van der Waals surface area (Å²) in [6, 6.07) is 8.43. The summed E-state index contributed by atoms with van der Waals surface area (Å²) >= 11 is 0. The summed E-state index contributed by atoms with van der Waals surface area (Å²) in [6.07, 6.45) is 1.55. The highest BCUT2D eigenvalue weighted by atomic mass is 19.2. The van der Waals surface area contributed by atoms with Gasteiger partial charge in [0.05, 0.1) is 30.0 Å². The lowest BCUT2D eigenvalue weighted by Gasteiger charge is -2.27. The molecule has 0 saturated carbocycles. The van der Waals surface area contributed by atoms with Crippen LogP contribution in [0.15, 0.2) is 54.1 Å². The fraction of sp³-hybridized carbons (Fsp3) is 0.200. The van der Waals surface area contributed by atoms with Gasteiger partial charge in [-0.05, 0) is 38.1 Å². The van der Waals surface area contributed by atoms with Gasteiger partial charge >= 0.3 is 0 Å². The smallest absolute Gasteiger partial charge is 0.294 e. The molecule has 1 N–H and O–H groups in total. The topological polar surface area (TPSA) is 58.2 Å². The van der Waals surface area contributed by atoms with E-state index >= 15 is 0 Å². The lowest BCUT2D eigenvalue weighted by molar-refractivity contribution is -0.117. The zero-order valence-corrected chi connectivity index (χ0v) is 14.8. The van der Waals surface area contributed by atoms with E-state index in [2.05, 4.69) is 9.97 Å². The van der Waals surface area contributed by atoms with Gasteiger partial charge in [-0.15, -0.1) is 0 Å². The van der Waals surface area contributed by atoms with Crippen molar-refractivity contribution >= 4 is 22.6 Å². The van der Waals surface area contributed by atoms with E-state index in [1.54, 1.807) is 38.4 Å². The molecular weight excluding hydrogens is 352 g/mol. The minimum absolute atomic E-state index is 0.0812. The van der Waals surface area contributed by atoms with Crippen molar-refractivity contribution in [2.24, 2.45) is 0 Å². The second-order valence-corrected chi connectivity index (χ2v) is 6.27. The molecule has 0 bridgehead atoms. The first kappa shape index (κ1) is 17.2. The van der Waals surface area contributed by atoms with E-state index < -0.39 is 23.6 Å². The molecule has 5 nitrogen and oxygen atoms in total. The molecule has 1 atom stereocenters. The van der Waals surface area contributed by atoms with Crippen molar-refractivity contribution in [1.82, 2.24) is 9.97 Å². The van der Waals surface area contributed by atoms with Crippen molar-refractivity contribution in [3.05, 3.63) is 71.3 Å². The van der Waals surface area contributed by atoms with Crippen molar-refractivity contribution in [3.63, 3.8) is 0 Å². The Morgan fingerprint density at radius 3 is 2.85 bits per heavy atom. The molecule has 27 heavy (non-hydrogen) atoms. The number of aromatic nitrogens is 2. The zero-order valence-electron chi connectivity index (χ0n) is 14.8. The molecule has 1 aliphatic heterocycles. The van der Waals surface area contributed by atoms with Gasteiger partial charge in [-0.25, -0.2) is 13.8 Å². The molecule has 1 aromatic heterocycles. The van der Waals surface area contributed by atoms with Crippen LogP contribution < -0.4 is 4.90 Å². The summed E-state index contributed by atoms with van der Waals surface area (Å²) in [5.74, 6) is -2.16. The normalized spacial score (nSPS) is 17.3. The van der Waals surface area contributed by atoms with Gasteiger partial charge in [-0.2, -0.15) is 0 Å². The molecule has 0 saturated heterocycles. The third kappa shape index (κ3) is 2.66. The number of nitrogens with zero attached hydrogens (tertiary/aromatic N) is 2. The monoisotopic (exact) mass is 369 g/mol. The summed E-state index contributed by atoms with van der Waals surface area (Å²) in [6.45, 7) is 3.76. The highest BCUT2D eigenvalue weighted by molar-refractivity contribution is 6.09. The Kier molecular flexibility index (Phi) is 4.14. The molecule has 0 fully saturated rings. The summed E-state index contributed by atoms with van der Waals surface area (Å²) in [5.41, 5.74) is 2.63. The predicted octanol–water partition coefficient (Wildman–Crippen LogP) is 4.24. The molecule has 3 aromatic rings. The first-order chi connectivity index (χ1) is 13.0. The van der Waals surface area contributed by atoms with Crippen LogP contribution in [0.1, 0.15) is 25.5 Å². The number of ether oxygens (including phenoxy) is 1. The Morgan fingerprint density at radius 1 is 1.26 bits per heavy atom. The van der Waals surface area contributed by atoms with Crippen LogP contribution in [-0.4, -0.2) is 22.5 Å². The summed E-state index contributed by atoms with van der Waals surface area (Å²) in [5, 5.41) is 0. The summed E-state index contributed by atoms with van der Waals surface area (Å²) < 4.78 is 33.9. The van der Waals surface area contributed by atoms with E-state index in [4.69, 9.17) is 4.74 Å². The quantitative estimate of drug-likeness (QED) is 0.748. The Bertz CT molecular complexity index is 1070. The number of nitrogens with one attached hydrogen (secondary N) is 1. The minimum atomic E-state index is -0.974. The number of fused-ring (bicyclic) bond motifs is 1. The Hall–Kier alpha value is -3.22. The average Bonchev–Trinajstić information content (AvgIpc) is 3.21. The van der Waals surface area contributed by atoms with E-state index in [9.17, 15) is 13.6 Å². The van der Waals surface area contributed by atoms with E-state index in [1.807, 2.05) is 0 Å². The van der Waals surface area contributed by atoms with Gasteiger partial charge < -0.3 is 9.72 Å². The largest absolute Gasteiger partial charge is 0.488 e. The van der Waals surface area contributed by atoms with Crippen LogP contribution in [0.25, 0.3) is 11.0 Å². The van der Waals surface area contributed by atoms with Gasteiger partial charge in [0, 0.05) is 16.8 Å². The van der Waals surface area contributed by atoms with Crippen LogP contribution in [0.5, 0.6) is 0 Å². The summed E-state index contributed by atoms with van der Waals surface area (Å²) in [7, 11) is 0. The number of anilines is 1. The lowest BCUT2D eigenvalue weighted by atomic mass is 9.99. The minimum Gasteiger partial charge on any atom is -0.488 e. The molecular formula is C20H17F2N3O2. The Balaban J connectivity index is 1.89. The molecule has 138 valence electrons. The number of halogens is 2. The van der Waals surface area contributed by atoms with Gasteiger partial charge in [0.25, 0.3) is 5.91 Å². The van der Waals surface area contributed by atoms with E-state index in [1.165, 1.54) is 17.0 Å². The average molecular weight is 369 g/mol. The second-order valence-electron chi connectivity index (χ2n) is 6.27. The number of carbonyl (C=O) groups excluding carboxylic acids is 1. The molecule has 4 rings (SSSR count). The Morgan fingerprint density at radius 2 is 2.07 bits per heavy atom. The number of H-pyrrole nitrogens is 1. The van der Waals surface area contributed by atoms with E-state index in [0.717, 1.165) is 11.6 Å². The molecule has 1 amide bonds. The van der Waals surface area contributed by atoms with Gasteiger partial charge in [0.15, 0.2) is 17.4 Å². The van der Waals surface area contributed by atoms with Gasteiger partial charge in [0.1, 0.15) is 0 Å². The number of imidazole rings is 1. The van der Waals surface area contributed by atoms with Gasteiger partial charge in [-0.1, -0.05) is 12.1 Å². The van der Waals surface area contributed by atoms with Gasteiger partial charge in [0.2, 0.25) is 0 Å². The lowest BCUT2D eigenvalue weighted by Crippen LogP contribution is -2.31. The number of rotatable bonds is 4. The highest BCUT2D eigenvalue weighted by Gasteiger charge is 2.41. The zero-order chi connectivity index (χ0) is 19.1. The fourth-order valence-electron chi connectivity index (χ4n) is 3.47. The molecule has 1 aliphatic rings. The third-order valence-electron chi connectivity index (χ3n) is 4.69. The second kappa shape index (κ2) is 6.50. The number of hydrogen-bond acceptors (Lipinski definition) is 3. The summed E-state index contributed by atoms with van der Waals surface area (Å²) in [4.78, 5) is 21.7. The molecule has 2 aromatic carbocycles. The van der Waals surface area contributed by atoms with Crippen LogP contribution in [0.4, 0.5) is 14.5 Å². The van der Waals surface area contributed by atoms with Crippen molar-refractivity contribution in [2.75, 3.05) is 11.5 Å². The highest BCUT2D eigenvalue weighted by Crippen LogP contribution is 2.42. The van der Waals surface area contributed by atoms with Crippen LogP contribution >= 0.6 is 0 Å². The maximum Gasteiger partial charge on any atom is 0.294 e. The molecule has 0 spiro atoms. The van der Waals surface area contributed by atoms with Gasteiger partial charge in [-0.3, -0.25) is 9.69 Å². The molecule has 7 heteroatoms. The van der Waals surface area contributed by atoms with Crippen LogP contribution in [-0.2, 0) is 9.53 Å². The third-order valence-corrected chi connectivity index (χ3v) is 4.69. The van der Waals surface area contributed by atoms with Crippen molar-refractivity contribution in [2.45, 2.75) is 19.9 Å². The van der Waals surface area contributed by atoms with E-state index in [0.29, 0.717) is 23.4 Å². The SMILES string of the molecule is CCOC1=C(C)C(c2cccc(F)c2F)N(c2ccc3[nH]cnc3c2)C1=O.